The number of amides is 3. The van der Waals surface area contributed by atoms with Crippen molar-refractivity contribution in [3.63, 3.8) is 0 Å². The number of piperidine rings is 1. The number of fused-ring (bicyclic) bond motifs is 1. The fourth-order valence-corrected chi connectivity index (χ4v) is 3.96. The highest BCUT2D eigenvalue weighted by molar-refractivity contribution is 6.04. The Morgan fingerprint density at radius 2 is 1.88 bits per heavy atom. The molecule has 3 amide bonds. The van der Waals surface area contributed by atoms with E-state index >= 15 is 0 Å². The second-order valence-corrected chi connectivity index (χ2v) is 7.85. The molecular weight excluding hydrogens is 430 g/mol. The molecular formula is C24H22F2N4O3. The third-order valence-corrected chi connectivity index (χ3v) is 5.76. The zero-order valence-corrected chi connectivity index (χ0v) is 17.9. The number of para-hydroxylation sites is 1. The smallest absolute Gasteiger partial charge is 0.255 e. The maximum atomic E-state index is 13.4. The van der Waals surface area contributed by atoms with Gasteiger partial charge in [0, 0.05) is 50.1 Å². The molecule has 1 aliphatic heterocycles. The van der Waals surface area contributed by atoms with Gasteiger partial charge in [-0.1, -0.05) is 24.3 Å². The number of anilines is 1. The van der Waals surface area contributed by atoms with Crippen LogP contribution in [0.3, 0.4) is 0 Å². The molecule has 0 atom stereocenters. The van der Waals surface area contributed by atoms with Gasteiger partial charge < -0.3 is 15.5 Å². The monoisotopic (exact) mass is 452 g/mol. The summed E-state index contributed by atoms with van der Waals surface area (Å²) in [7, 11) is 1.50. The van der Waals surface area contributed by atoms with Crippen LogP contribution in [0.5, 0.6) is 0 Å². The number of nitrogens with one attached hydrogen (secondary N) is 2. The van der Waals surface area contributed by atoms with Crippen LogP contribution in [0, 0.1) is 0 Å². The Morgan fingerprint density at radius 1 is 1.12 bits per heavy atom. The quantitative estimate of drug-likeness (QED) is 0.578. The topological polar surface area (TPSA) is 91.4 Å². The van der Waals surface area contributed by atoms with Crippen LogP contribution < -0.4 is 10.6 Å². The van der Waals surface area contributed by atoms with Gasteiger partial charge in [0.05, 0.1) is 22.3 Å². The summed E-state index contributed by atoms with van der Waals surface area (Å²) in [5.74, 6) is -3.38. The summed E-state index contributed by atoms with van der Waals surface area (Å²) in [6, 6.07) is 12.2. The van der Waals surface area contributed by atoms with Crippen molar-refractivity contribution in [3.8, 4) is 11.1 Å². The molecule has 2 heterocycles. The van der Waals surface area contributed by atoms with Gasteiger partial charge in [0.1, 0.15) is 0 Å². The van der Waals surface area contributed by atoms with E-state index in [0.29, 0.717) is 34.1 Å². The third kappa shape index (κ3) is 4.52. The lowest BCUT2D eigenvalue weighted by atomic mass is 9.98. The maximum absolute atomic E-state index is 13.4. The van der Waals surface area contributed by atoms with Gasteiger partial charge in [-0.15, -0.1) is 0 Å². The van der Waals surface area contributed by atoms with Gasteiger partial charge >= 0.3 is 0 Å². The maximum Gasteiger partial charge on any atom is 0.255 e. The summed E-state index contributed by atoms with van der Waals surface area (Å²) in [6.07, 6.45) is 1.27. The van der Waals surface area contributed by atoms with E-state index in [0.717, 1.165) is 11.1 Å². The first-order valence-electron chi connectivity index (χ1n) is 10.5. The number of likely N-dealkylation sites (tertiary alicyclic amines) is 1. The summed E-state index contributed by atoms with van der Waals surface area (Å²) in [4.78, 5) is 41.8. The van der Waals surface area contributed by atoms with Gasteiger partial charge in [-0.05, 0) is 23.8 Å². The Balaban J connectivity index is 1.68. The first kappa shape index (κ1) is 22.3. The van der Waals surface area contributed by atoms with Crippen LogP contribution in [-0.2, 0) is 4.79 Å². The third-order valence-electron chi connectivity index (χ3n) is 5.76. The molecule has 1 fully saturated rings. The minimum absolute atomic E-state index is 0.00804. The van der Waals surface area contributed by atoms with Crippen LogP contribution in [0.1, 0.15) is 33.6 Å². The molecule has 1 saturated heterocycles. The van der Waals surface area contributed by atoms with Crippen LogP contribution in [0.2, 0.25) is 0 Å². The molecule has 7 nitrogen and oxygen atoms in total. The number of hydrogen-bond donors (Lipinski definition) is 2. The molecule has 2 aromatic carbocycles. The van der Waals surface area contributed by atoms with E-state index in [4.69, 9.17) is 0 Å². The minimum atomic E-state index is -2.72. The molecule has 170 valence electrons. The van der Waals surface area contributed by atoms with E-state index in [-0.39, 0.29) is 37.7 Å². The van der Waals surface area contributed by atoms with Crippen LogP contribution in [0.4, 0.5) is 14.5 Å². The van der Waals surface area contributed by atoms with Crippen molar-refractivity contribution in [1.29, 1.82) is 0 Å². The molecule has 2 N–H and O–H groups in total. The first-order chi connectivity index (χ1) is 15.8. The SMILES string of the molecule is CNC(=O)c1ccc(-c2cccc3cc(C(=O)N4CCC(F)(F)CC4)cnc23)cc1NC=O. The van der Waals surface area contributed by atoms with Crippen LogP contribution in [0.15, 0.2) is 48.7 Å². The summed E-state index contributed by atoms with van der Waals surface area (Å²) in [6.45, 7) is 0.0161. The van der Waals surface area contributed by atoms with Gasteiger partial charge in [-0.2, -0.15) is 0 Å². The summed E-state index contributed by atoms with van der Waals surface area (Å²) >= 11 is 0. The molecule has 0 radical (unpaired) electrons. The van der Waals surface area contributed by atoms with Crippen LogP contribution >= 0.6 is 0 Å². The Kier molecular flexibility index (Phi) is 6.04. The van der Waals surface area contributed by atoms with Crippen molar-refractivity contribution >= 4 is 34.8 Å². The van der Waals surface area contributed by atoms with Gasteiger partial charge in [-0.3, -0.25) is 19.4 Å². The molecule has 33 heavy (non-hydrogen) atoms. The lowest BCUT2D eigenvalue weighted by Crippen LogP contribution is -2.42. The molecule has 0 aliphatic carbocycles. The van der Waals surface area contributed by atoms with E-state index in [2.05, 4.69) is 15.6 Å². The number of pyridine rings is 1. The second-order valence-electron chi connectivity index (χ2n) is 7.85. The normalized spacial score (nSPS) is 15.2. The van der Waals surface area contributed by atoms with Crippen molar-refractivity contribution < 1.29 is 23.2 Å². The minimum Gasteiger partial charge on any atom is -0.355 e. The largest absolute Gasteiger partial charge is 0.355 e. The number of rotatable bonds is 5. The number of alkyl halides is 2. The Bertz CT molecular complexity index is 1240. The van der Waals surface area contributed by atoms with Crippen molar-refractivity contribution in [3.05, 3.63) is 59.8 Å². The standard InChI is InChI=1S/C24H22F2N4O3/c1-27-22(32)19-6-5-15(12-20(19)29-14-31)18-4-2-3-16-11-17(13-28-21(16)18)23(33)30-9-7-24(25,26)8-10-30/h2-6,11-14H,7-10H2,1H3,(H,27,32)(H,29,31). The predicted octanol–water partition coefficient (Wildman–Crippen LogP) is 3.70. The second kappa shape index (κ2) is 8.93. The molecule has 9 heteroatoms. The lowest BCUT2D eigenvalue weighted by molar-refractivity contribution is -0.105. The van der Waals surface area contributed by atoms with Gasteiger partial charge in [0.25, 0.3) is 17.7 Å². The van der Waals surface area contributed by atoms with Gasteiger partial charge in [0.2, 0.25) is 6.41 Å². The number of carbonyl (C=O) groups is 3. The summed E-state index contributed by atoms with van der Waals surface area (Å²) < 4.78 is 26.9. The van der Waals surface area contributed by atoms with Crippen molar-refractivity contribution in [2.24, 2.45) is 0 Å². The van der Waals surface area contributed by atoms with E-state index in [1.54, 1.807) is 24.3 Å². The van der Waals surface area contributed by atoms with Crippen molar-refractivity contribution in [2.75, 3.05) is 25.5 Å². The van der Waals surface area contributed by atoms with Crippen LogP contribution in [-0.4, -0.2) is 54.2 Å². The molecule has 0 unspecified atom stereocenters. The van der Waals surface area contributed by atoms with Gasteiger partial charge in [-0.25, -0.2) is 8.78 Å². The highest BCUT2D eigenvalue weighted by Crippen LogP contribution is 2.32. The van der Waals surface area contributed by atoms with Crippen molar-refractivity contribution in [1.82, 2.24) is 15.2 Å². The van der Waals surface area contributed by atoms with Crippen molar-refractivity contribution in [2.45, 2.75) is 18.8 Å². The molecule has 1 aliphatic rings. The fraction of sp³-hybridized carbons (Fsp3) is 0.250. The van der Waals surface area contributed by atoms with Crippen LogP contribution in [0.25, 0.3) is 22.0 Å². The highest BCUT2D eigenvalue weighted by Gasteiger charge is 2.35. The zero-order chi connectivity index (χ0) is 23.6. The molecule has 0 bridgehead atoms. The molecule has 1 aromatic heterocycles. The Hall–Kier alpha value is -3.88. The first-order valence-corrected chi connectivity index (χ1v) is 10.5. The Labute approximate surface area is 188 Å². The predicted molar refractivity (Wildman–Crippen MR) is 120 cm³/mol. The van der Waals surface area contributed by atoms with E-state index in [9.17, 15) is 23.2 Å². The number of aromatic nitrogens is 1. The zero-order valence-electron chi connectivity index (χ0n) is 17.9. The van der Waals surface area contributed by atoms with E-state index in [1.165, 1.54) is 18.1 Å². The lowest BCUT2D eigenvalue weighted by Gasteiger charge is -2.31. The number of nitrogens with zero attached hydrogens (tertiary/aromatic N) is 2. The highest BCUT2D eigenvalue weighted by atomic mass is 19.3. The number of hydrogen-bond acceptors (Lipinski definition) is 4. The number of halogens is 2. The molecule has 0 saturated carbocycles. The molecule has 3 aromatic rings. The summed E-state index contributed by atoms with van der Waals surface area (Å²) in [5.41, 5.74) is 3.12. The average molecular weight is 452 g/mol. The Morgan fingerprint density at radius 3 is 2.58 bits per heavy atom. The number of benzene rings is 2. The molecule has 4 rings (SSSR count). The van der Waals surface area contributed by atoms with E-state index < -0.39 is 5.92 Å². The van der Waals surface area contributed by atoms with E-state index in [1.807, 2.05) is 18.2 Å². The molecule has 0 spiro atoms. The number of carbonyl (C=O) groups excluding carboxylic acids is 3. The average Bonchev–Trinajstić information content (AvgIpc) is 2.82. The summed E-state index contributed by atoms with van der Waals surface area (Å²) in [5, 5.41) is 5.79. The van der Waals surface area contributed by atoms with Gasteiger partial charge in [0.15, 0.2) is 0 Å². The fourth-order valence-electron chi connectivity index (χ4n) is 3.96.